The number of unbranched alkanes of at least 4 members (excludes halogenated alkanes) is 12. The van der Waals surface area contributed by atoms with E-state index in [1.807, 2.05) is 0 Å². The van der Waals surface area contributed by atoms with Gasteiger partial charge in [0.05, 0.1) is 19.8 Å². The van der Waals surface area contributed by atoms with Crippen molar-refractivity contribution in [3.8, 4) is 17.2 Å². The van der Waals surface area contributed by atoms with Crippen LogP contribution in [0.15, 0.2) is 33.9 Å². The van der Waals surface area contributed by atoms with Gasteiger partial charge in [-0.2, -0.15) is 0 Å². The Morgan fingerprint density at radius 3 is 1.95 bits per heavy atom. The molecule has 2 amide bonds. The molecule has 11 nitrogen and oxygen atoms in total. The van der Waals surface area contributed by atoms with Crippen LogP contribution in [-0.2, 0) is 24.2 Å². The number of fused-ring (bicyclic) bond motifs is 3. The fraction of sp³-hybridized carbons (Fsp3) is 0.767. The zero-order valence-electron chi connectivity index (χ0n) is 34.5. The van der Waals surface area contributed by atoms with E-state index < -0.39 is 15.1 Å². The highest BCUT2D eigenvalue weighted by Crippen LogP contribution is 2.52. The minimum Gasteiger partial charge on any atom is -0.493 e. The Bertz CT molecular complexity index is 1550. The molecule has 2 N–H and O–H groups in total. The molecular formula is C43H70N4O7S. The minimum atomic E-state index is -3.57. The number of rotatable bonds is 27. The molecule has 3 saturated carbocycles. The Morgan fingerprint density at radius 1 is 0.836 bits per heavy atom. The van der Waals surface area contributed by atoms with Crippen LogP contribution in [0, 0.1) is 16.7 Å². The van der Waals surface area contributed by atoms with E-state index in [0.717, 1.165) is 57.6 Å². The maximum absolute atomic E-state index is 13.6. The second kappa shape index (κ2) is 21.5. The number of sulfone groups is 1. The van der Waals surface area contributed by atoms with Gasteiger partial charge in [0.2, 0.25) is 27.5 Å². The summed E-state index contributed by atoms with van der Waals surface area (Å²) < 4.78 is 40.5. The van der Waals surface area contributed by atoms with Crippen LogP contribution in [0.3, 0.4) is 0 Å². The molecule has 1 heterocycles. The van der Waals surface area contributed by atoms with Gasteiger partial charge in [0, 0.05) is 47.1 Å². The molecular weight excluding hydrogens is 717 g/mol. The normalized spacial score (nSPS) is 20.3. The number of amides is 2. The maximum atomic E-state index is 13.6. The van der Waals surface area contributed by atoms with Gasteiger partial charge in [0.1, 0.15) is 5.75 Å². The Hall–Kier alpha value is -2.99. The average molecular weight is 787 g/mol. The lowest BCUT2D eigenvalue weighted by molar-refractivity contribution is -0.140. The molecule has 1 atom stereocenters. The van der Waals surface area contributed by atoms with Crippen LogP contribution in [0.25, 0.3) is 11.5 Å². The molecule has 1 unspecified atom stereocenters. The van der Waals surface area contributed by atoms with Crippen LogP contribution < -0.4 is 15.4 Å². The maximum Gasteiger partial charge on any atom is 0.335 e. The van der Waals surface area contributed by atoms with Crippen molar-refractivity contribution in [1.82, 2.24) is 20.8 Å². The Balaban J connectivity index is 1.04. The number of benzene rings is 1. The van der Waals surface area contributed by atoms with Gasteiger partial charge >= 0.3 is 5.22 Å². The van der Waals surface area contributed by atoms with Crippen molar-refractivity contribution in [3.05, 3.63) is 24.3 Å². The predicted octanol–water partition coefficient (Wildman–Crippen LogP) is 9.00. The molecule has 1 aromatic carbocycles. The summed E-state index contributed by atoms with van der Waals surface area (Å²) in [6.45, 7) is 10.6. The Labute approximate surface area is 331 Å². The third-order valence-corrected chi connectivity index (χ3v) is 12.4. The summed E-state index contributed by atoms with van der Waals surface area (Å²) in [5, 5.41) is 13.7. The lowest BCUT2D eigenvalue weighted by atomic mass is 9.56. The van der Waals surface area contributed by atoms with E-state index in [4.69, 9.17) is 13.9 Å². The SMILES string of the molecule is CCCCCCCCCCCCCCCC(=O)NC12CCC(C(=O)NCC(C)(C)COCC(C)COc3ccc(-c4nnc(S(C)(=O)=O)o4)cc3)(CC1)CC2. The number of carbonyl (C=O) groups is 2. The molecule has 3 aliphatic rings. The van der Waals surface area contributed by atoms with Gasteiger partial charge in [0.25, 0.3) is 0 Å². The fourth-order valence-corrected chi connectivity index (χ4v) is 8.35. The van der Waals surface area contributed by atoms with E-state index in [1.165, 1.54) is 70.6 Å². The zero-order valence-corrected chi connectivity index (χ0v) is 35.3. The van der Waals surface area contributed by atoms with E-state index in [-0.39, 0.29) is 40.0 Å². The number of nitrogens with zero attached hydrogens (tertiary/aromatic N) is 2. The quantitative estimate of drug-likeness (QED) is 0.0846. The van der Waals surface area contributed by atoms with Gasteiger partial charge in [-0.25, -0.2) is 8.42 Å². The molecule has 2 aromatic rings. The summed E-state index contributed by atoms with van der Waals surface area (Å²) in [5.41, 5.74) is -0.0941. The van der Waals surface area contributed by atoms with Crippen molar-refractivity contribution in [2.45, 2.75) is 167 Å². The molecule has 5 rings (SSSR count). The van der Waals surface area contributed by atoms with Crippen molar-refractivity contribution in [2.24, 2.45) is 16.7 Å². The first kappa shape index (κ1) is 44.7. The second-order valence-electron chi connectivity index (χ2n) is 17.5. The summed E-state index contributed by atoms with van der Waals surface area (Å²) in [6, 6.07) is 7.02. The third kappa shape index (κ3) is 14.8. The van der Waals surface area contributed by atoms with Crippen molar-refractivity contribution >= 4 is 21.7 Å². The molecule has 0 saturated heterocycles. The van der Waals surface area contributed by atoms with Gasteiger partial charge in [-0.05, 0) is 69.2 Å². The summed E-state index contributed by atoms with van der Waals surface area (Å²) >= 11 is 0. The summed E-state index contributed by atoms with van der Waals surface area (Å²) in [7, 11) is -3.57. The minimum absolute atomic E-state index is 0.127. The monoisotopic (exact) mass is 786 g/mol. The van der Waals surface area contributed by atoms with Crippen LogP contribution >= 0.6 is 0 Å². The molecule has 0 aliphatic heterocycles. The molecule has 3 aliphatic carbocycles. The van der Waals surface area contributed by atoms with Crippen molar-refractivity contribution in [2.75, 3.05) is 32.6 Å². The smallest absolute Gasteiger partial charge is 0.335 e. The van der Waals surface area contributed by atoms with Crippen molar-refractivity contribution in [1.29, 1.82) is 0 Å². The number of hydrogen-bond acceptors (Lipinski definition) is 9. The molecule has 55 heavy (non-hydrogen) atoms. The highest BCUT2D eigenvalue weighted by atomic mass is 32.2. The lowest BCUT2D eigenvalue weighted by Gasteiger charge is -2.52. The predicted molar refractivity (Wildman–Crippen MR) is 216 cm³/mol. The third-order valence-electron chi connectivity index (χ3n) is 11.6. The van der Waals surface area contributed by atoms with E-state index in [0.29, 0.717) is 44.1 Å². The Morgan fingerprint density at radius 2 is 1.40 bits per heavy atom. The van der Waals surface area contributed by atoms with E-state index in [2.05, 4.69) is 48.5 Å². The van der Waals surface area contributed by atoms with Gasteiger partial charge in [-0.3, -0.25) is 9.59 Å². The zero-order chi connectivity index (χ0) is 39.8. The van der Waals surface area contributed by atoms with Crippen LogP contribution in [0.5, 0.6) is 5.75 Å². The summed E-state index contributed by atoms with van der Waals surface area (Å²) in [6.07, 6.45) is 23.7. The molecule has 12 heteroatoms. The first-order valence-electron chi connectivity index (χ1n) is 21.2. The largest absolute Gasteiger partial charge is 0.493 e. The van der Waals surface area contributed by atoms with Crippen LogP contribution in [0.4, 0.5) is 0 Å². The molecule has 310 valence electrons. The number of hydrogen-bond donors (Lipinski definition) is 2. The summed E-state index contributed by atoms with van der Waals surface area (Å²) in [4.78, 5) is 26.5. The van der Waals surface area contributed by atoms with Gasteiger partial charge in [-0.1, -0.05) is 110 Å². The molecule has 0 radical (unpaired) electrons. The highest BCUT2D eigenvalue weighted by molar-refractivity contribution is 7.90. The van der Waals surface area contributed by atoms with E-state index in [1.54, 1.807) is 24.3 Å². The number of aromatic nitrogens is 2. The van der Waals surface area contributed by atoms with Crippen LogP contribution in [0.2, 0.25) is 0 Å². The molecule has 1 aromatic heterocycles. The first-order valence-corrected chi connectivity index (χ1v) is 23.1. The number of ether oxygens (including phenoxy) is 2. The second-order valence-corrected chi connectivity index (χ2v) is 19.4. The number of nitrogens with one attached hydrogen (secondary N) is 2. The van der Waals surface area contributed by atoms with Crippen LogP contribution in [0.1, 0.15) is 156 Å². The number of carbonyl (C=O) groups excluding carboxylic acids is 2. The average Bonchev–Trinajstić information content (AvgIpc) is 3.67. The van der Waals surface area contributed by atoms with Crippen LogP contribution in [-0.4, -0.2) is 68.6 Å². The van der Waals surface area contributed by atoms with Crippen molar-refractivity contribution < 1.29 is 31.9 Å². The molecule has 2 bridgehead atoms. The van der Waals surface area contributed by atoms with Gasteiger partial charge in [-0.15, -0.1) is 5.10 Å². The van der Waals surface area contributed by atoms with Gasteiger partial charge in [0.15, 0.2) is 0 Å². The first-order chi connectivity index (χ1) is 26.2. The molecule has 3 fully saturated rings. The fourth-order valence-electron chi connectivity index (χ4n) is 7.93. The summed E-state index contributed by atoms with van der Waals surface area (Å²) in [5.74, 6) is 1.26. The lowest BCUT2D eigenvalue weighted by Crippen LogP contribution is -2.60. The molecule has 0 spiro atoms. The highest BCUT2D eigenvalue weighted by Gasteiger charge is 2.52. The van der Waals surface area contributed by atoms with E-state index in [9.17, 15) is 18.0 Å². The Kier molecular flexibility index (Phi) is 17.5. The van der Waals surface area contributed by atoms with Gasteiger partial charge < -0.3 is 24.5 Å². The van der Waals surface area contributed by atoms with Crippen molar-refractivity contribution in [3.63, 3.8) is 0 Å². The van der Waals surface area contributed by atoms with E-state index >= 15 is 0 Å². The topological polar surface area (TPSA) is 150 Å². The standard InChI is InChI=1S/C43H70N4O7S/c1-6-7-8-9-10-11-12-13-14-15-16-17-18-19-37(48)45-43-27-24-42(25-28-43,26-29-43)39(49)44-32-41(3,4)33-52-30-34(2)31-53-36-22-20-35(21-23-36)38-46-47-40(54-38)55(5,50)51/h20-23,34H,6-19,24-33H2,1-5H3,(H,44,49)(H,45,48).